The van der Waals surface area contributed by atoms with E-state index in [1.807, 2.05) is 0 Å². The van der Waals surface area contributed by atoms with Crippen LogP contribution in [0.1, 0.15) is 25.3 Å². The zero-order valence-electron chi connectivity index (χ0n) is 6.94. The van der Waals surface area contributed by atoms with Crippen LogP contribution in [0.25, 0.3) is 0 Å². The van der Waals surface area contributed by atoms with E-state index in [1.54, 1.807) is 6.92 Å². The van der Waals surface area contributed by atoms with Gasteiger partial charge in [0.1, 0.15) is 6.33 Å². The number of halogens is 1. The van der Waals surface area contributed by atoms with E-state index < -0.39 is 14.4 Å². The molecule has 1 aromatic heterocycles. The smallest absolute Gasteiger partial charge is 0.314 e. The van der Waals surface area contributed by atoms with Gasteiger partial charge in [0.25, 0.3) is 0 Å². The summed E-state index contributed by atoms with van der Waals surface area (Å²) in [6.45, 7) is 1.75. The molecular weight excluding hydrogens is 200 g/mol. The predicted octanol–water partition coefficient (Wildman–Crippen LogP) is 0.586. The van der Waals surface area contributed by atoms with Gasteiger partial charge in [0.2, 0.25) is 0 Å². The van der Waals surface area contributed by atoms with Gasteiger partial charge in [-0.3, -0.25) is 9.66 Å². The molecule has 0 radical (unpaired) electrons. The van der Waals surface area contributed by atoms with E-state index in [1.165, 1.54) is 6.33 Å². The van der Waals surface area contributed by atoms with E-state index in [2.05, 4.69) is 15.2 Å². The van der Waals surface area contributed by atoms with Crippen LogP contribution in [0.4, 0.5) is 4.39 Å². The third-order valence-corrected chi connectivity index (χ3v) is 1.07. The molecule has 1 heterocycles. The van der Waals surface area contributed by atoms with Crippen LogP contribution >= 0.6 is 8.25 Å². The maximum atomic E-state index is 12.6. The second-order valence-electron chi connectivity index (χ2n) is 2.02. The van der Waals surface area contributed by atoms with Crippen molar-refractivity contribution in [2.24, 2.45) is 0 Å². The number of hydrogen-bond acceptors (Lipinski definition) is 3. The molecule has 0 aliphatic carbocycles. The number of aromatic amines is 1. The van der Waals surface area contributed by atoms with E-state index in [-0.39, 0.29) is 5.82 Å². The van der Waals surface area contributed by atoms with Gasteiger partial charge in [0.05, 0.1) is 0 Å². The molecule has 0 aliphatic rings. The van der Waals surface area contributed by atoms with E-state index in [9.17, 15) is 4.39 Å². The van der Waals surface area contributed by atoms with Crippen molar-refractivity contribution in [3.05, 3.63) is 12.2 Å². The lowest BCUT2D eigenvalue weighted by atomic mass is 10.3. The highest BCUT2D eigenvalue weighted by atomic mass is 31.1. The van der Waals surface area contributed by atoms with Crippen LogP contribution < -0.4 is 0 Å². The predicted molar refractivity (Wildman–Crippen MR) is 44.0 cm³/mol. The van der Waals surface area contributed by atoms with Gasteiger partial charge in [-0.15, -0.1) is 0 Å². The number of H-pyrrole nitrogens is 1. The Labute approximate surface area is 74.8 Å². The highest BCUT2D eigenvalue weighted by Crippen LogP contribution is 2.14. The van der Waals surface area contributed by atoms with Gasteiger partial charge in [0.15, 0.2) is 12.0 Å². The second-order valence-corrected chi connectivity index (χ2v) is 2.58. The van der Waals surface area contributed by atoms with Crippen molar-refractivity contribution in [2.45, 2.75) is 19.5 Å². The minimum absolute atomic E-state index is 0.248. The van der Waals surface area contributed by atoms with Gasteiger partial charge >= 0.3 is 8.25 Å². The monoisotopic (exact) mass is 211 g/mol. The van der Waals surface area contributed by atoms with Gasteiger partial charge in [-0.2, -0.15) is 5.10 Å². The SMILES string of the molecule is CCC(F)c1nc[nH]n1.O=[PH](O)O. The second kappa shape index (κ2) is 6.71. The third kappa shape index (κ3) is 6.39. The first-order valence-corrected chi connectivity index (χ1v) is 4.79. The Morgan fingerprint density at radius 3 is 2.62 bits per heavy atom. The molecule has 1 atom stereocenters. The van der Waals surface area contributed by atoms with Crippen LogP contribution in [-0.4, -0.2) is 25.0 Å². The number of nitrogens with zero attached hydrogens (tertiary/aromatic N) is 2. The summed E-state index contributed by atoms with van der Waals surface area (Å²) in [5, 5.41) is 6.02. The Kier molecular flexibility index (Phi) is 6.30. The van der Waals surface area contributed by atoms with Crippen LogP contribution in [0.5, 0.6) is 0 Å². The quantitative estimate of drug-likeness (QED) is 0.621. The fourth-order valence-electron chi connectivity index (χ4n) is 0.552. The van der Waals surface area contributed by atoms with Gasteiger partial charge in [0, 0.05) is 0 Å². The summed E-state index contributed by atoms with van der Waals surface area (Å²) in [6.07, 6.45) is 0.784. The lowest BCUT2D eigenvalue weighted by Gasteiger charge is -1.94. The Bertz CT molecular complexity index is 239. The number of rotatable bonds is 2. The summed E-state index contributed by atoms with van der Waals surface area (Å²) in [4.78, 5) is 18.0. The molecule has 8 heteroatoms. The van der Waals surface area contributed by atoms with Crippen molar-refractivity contribution in [3.8, 4) is 0 Å². The molecule has 0 aromatic carbocycles. The van der Waals surface area contributed by atoms with Gasteiger partial charge in [-0.05, 0) is 6.42 Å². The fourth-order valence-corrected chi connectivity index (χ4v) is 0.552. The van der Waals surface area contributed by atoms with E-state index in [4.69, 9.17) is 14.4 Å². The Morgan fingerprint density at radius 1 is 1.77 bits per heavy atom. The standard InChI is InChI=1S/C5H8FN3.H3O3P/c1-2-4(6)5-7-3-8-9-5;1-4(2)3/h3-4H,2H2,1H3,(H,7,8,9);4H,(H2,1,2,3). The van der Waals surface area contributed by atoms with Gasteiger partial charge in [-0.1, -0.05) is 6.92 Å². The van der Waals surface area contributed by atoms with Crippen molar-refractivity contribution >= 4 is 8.25 Å². The molecule has 0 saturated heterocycles. The molecular formula is C5H11FN3O3P. The molecule has 1 rings (SSSR count). The highest BCUT2D eigenvalue weighted by molar-refractivity contribution is 7.30. The van der Waals surface area contributed by atoms with Crippen LogP contribution in [0.3, 0.4) is 0 Å². The molecule has 0 bridgehead atoms. The number of hydrogen-bond donors (Lipinski definition) is 3. The third-order valence-electron chi connectivity index (χ3n) is 1.07. The molecule has 3 N–H and O–H groups in total. The van der Waals surface area contributed by atoms with Crippen molar-refractivity contribution in [3.63, 3.8) is 0 Å². The van der Waals surface area contributed by atoms with Crippen molar-refractivity contribution in [1.82, 2.24) is 15.2 Å². The number of aromatic nitrogens is 3. The summed E-state index contributed by atoms with van der Waals surface area (Å²) >= 11 is 0. The molecule has 0 saturated carbocycles. The van der Waals surface area contributed by atoms with E-state index in [0.29, 0.717) is 6.42 Å². The molecule has 0 fully saturated rings. The van der Waals surface area contributed by atoms with Crippen molar-refractivity contribution in [2.75, 3.05) is 0 Å². The fraction of sp³-hybridized carbons (Fsp3) is 0.600. The van der Waals surface area contributed by atoms with E-state index in [0.717, 1.165) is 0 Å². The first-order chi connectivity index (χ1) is 6.07. The molecule has 1 unspecified atom stereocenters. The van der Waals surface area contributed by atoms with Crippen LogP contribution in [0.2, 0.25) is 0 Å². The minimum atomic E-state index is -3.13. The average molecular weight is 211 g/mol. The molecule has 6 nitrogen and oxygen atoms in total. The Balaban J connectivity index is 0.000000310. The minimum Gasteiger partial charge on any atom is -0.326 e. The first kappa shape index (κ1) is 12.2. The van der Waals surface area contributed by atoms with Gasteiger partial charge < -0.3 is 9.79 Å². The molecule has 0 spiro atoms. The van der Waals surface area contributed by atoms with Gasteiger partial charge in [-0.25, -0.2) is 9.37 Å². The van der Waals surface area contributed by atoms with Crippen LogP contribution in [-0.2, 0) is 4.57 Å². The average Bonchev–Trinajstić information content (AvgIpc) is 2.54. The summed E-state index contributed by atoms with van der Waals surface area (Å²) in [5.41, 5.74) is 0. The Hall–Kier alpha value is -0.780. The Morgan fingerprint density at radius 2 is 2.31 bits per heavy atom. The summed E-state index contributed by atoms with van der Waals surface area (Å²) in [5.74, 6) is 0.248. The van der Waals surface area contributed by atoms with E-state index >= 15 is 0 Å². The lowest BCUT2D eigenvalue weighted by molar-refractivity contribution is 0.319. The van der Waals surface area contributed by atoms with Crippen molar-refractivity contribution < 1.29 is 18.7 Å². The van der Waals surface area contributed by atoms with Crippen molar-refractivity contribution in [1.29, 1.82) is 0 Å². The zero-order valence-corrected chi connectivity index (χ0v) is 7.94. The molecule has 0 amide bonds. The summed E-state index contributed by atoms with van der Waals surface area (Å²) < 4.78 is 21.3. The molecule has 0 aliphatic heterocycles. The normalized spacial score (nSPS) is 12.1. The maximum absolute atomic E-state index is 12.6. The summed E-state index contributed by atoms with van der Waals surface area (Å²) in [7, 11) is -3.13. The van der Waals surface area contributed by atoms with Crippen LogP contribution in [0, 0.1) is 0 Å². The maximum Gasteiger partial charge on any atom is 0.314 e. The lowest BCUT2D eigenvalue weighted by Crippen LogP contribution is -1.91. The topological polar surface area (TPSA) is 99.1 Å². The highest BCUT2D eigenvalue weighted by Gasteiger charge is 2.08. The van der Waals surface area contributed by atoms with Crippen LogP contribution in [0.15, 0.2) is 6.33 Å². The number of alkyl halides is 1. The first-order valence-electron chi connectivity index (χ1n) is 3.49. The molecule has 1 aromatic rings. The zero-order chi connectivity index (χ0) is 10.3. The largest absolute Gasteiger partial charge is 0.326 e. The molecule has 13 heavy (non-hydrogen) atoms. The summed E-state index contributed by atoms with van der Waals surface area (Å²) in [6, 6.07) is 0. The molecule has 76 valence electrons. The number of nitrogens with one attached hydrogen (secondary N) is 1.